The van der Waals surface area contributed by atoms with E-state index < -0.39 is 0 Å². The summed E-state index contributed by atoms with van der Waals surface area (Å²) >= 11 is 0. The fraction of sp³-hybridized carbons (Fsp3) is 0.211. The molecule has 1 amide bonds. The third-order valence-corrected chi connectivity index (χ3v) is 4.43. The van der Waals surface area contributed by atoms with E-state index in [1.54, 1.807) is 37.1 Å². The van der Waals surface area contributed by atoms with Gasteiger partial charge in [0.05, 0.1) is 5.69 Å². The molecule has 6 heteroatoms. The number of hydrogen-bond donors (Lipinski definition) is 0. The highest BCUT2D eigenvalue weighted by molar-refractivity contribution is 5.94. The number of hydrogen-bond acceptors (Lipinski definition) is 5. The van der Waals surface area contributed by atoms with E-state index in [2.05, 4.69) is 19.9 Å². The third kappa shape index (κ3) is 3.10. The van der Waals surface area contributed by atoms with E-state index in [4.69, 9.17) is 0 Å². The highest BCUT2D eigenvalue weighted by Crippen LogP contribution is 2.25. The first-order chi connectivity index (χ1) is 12.3. The predicted molar refractivity (Wildman–Crippen MR) is 92.8 cm³/mol. The Morgan fingerprint density at radius 1 is 0.960 bits per heavy atom. The van der Waals surface area contributed by atoms with Gasteiger partial charge in [0.1, 0.15) is 6.33 Å². The first-order valence-electron chi connectivity index (χ1n) is 8.25. The Morgan fingerprint density at radius 2 is 1.80 bits per heavy atom. The molecule has 0 atom stereocenters. The fourth-order valence-corrected chi connectivity index (χ4v) is 3.16. The molecule has 124 valence electrons. The van der Waals surface area contributed by atoms with Crippen molar-refractivity contribution < 1.29 is 4.79 Å². The van der Waals surface area contributed by atoms with Gasteiger partial charge in [-0.3, -0.25) is 14.8 Å². The van der Waals surface area contributed by atoms with Gasteiger partial charge in [-0.05, 0) is 30.7 Å². The lowest BCUT2D eigenvalue weighted by molar-refractivity contribution is 0.0763. The third-order valence-electron chi connectivity index (χ3n) is 4.43. The second kappa shape index (κ2) is 6.76. The summed E-state index contributed by atoms with van der Waals surface area (Å²) in [4.78, 5) is 31.7. The van der Waals surface area contributed by atoms with Crippen LogP contribution in [-0.2, 0) is 12.8 Å². The standard InChI is InChI=1S/C19H17N5O/c25-19(14-3-8-20-9-4-14)24-10-5-16-17(6-11-24)22-13-23-18(16)15-2-1-7-21-12-15/h1-4,7-9,12-13H,5-6,10-11H2. The van der Waals surface area contributed by atoms with Crippen LogP contribution in [0.2, 0.25) is 0 Å². The van der Waals surface area contributed by atoms with Crippen molar-refractivity contribution >= 4 is 5.91 Å². The lowest BCUT2D eigenvalue weighted by Crippen LogP contribution is -2.33. The number of carbonyl (C=O) groups excluding carboxylic acids is 1. The SMILES string of the molecule is O=C(c1ccncc1)N1CCc2ncnc(-c3cccnc3)c2CC1. The molecule has 0 spiro atoms. The van der Waals surface area contributed by atoms with Gasteiger partial charge in [-0.15, -0.1) is 0 Å². The maximum atomic E-state index is 12.7. The Balaban J connectivity index is 1.61. The number of nitrogens with zero attached hydrogens (tertiary/aromatic N) is 5. The van der Waals surface area contributed by atoms with Crippen LogP contribution in [0.4, 0.5) is 0 Å². The Kier molecular flexibility index (Phi) is 4.16. The van der Waals surface area contributed by atoms with E-state index in [9.17, 15) is 4.79 Å². The van der Waals surface area contributed by atoms with Gasteiger partial charge < -0.3 is 4.90 Å². The molecule has 0 aromatic carbocycles. The monoisotopic (exact) mass is 331 g/mol. The zero-order valence-electron chi connectivity index (χ0n) is 13.7. The quantitative estimate of drug-likeness (QED) is 0.720. The molecule has 6 nitrogen and oxygen atoms in total. The van der Waals surface area contributed by atoms with Gasteiger partial charge in [0.15, 0.2) is 0 Å². The summed E-state index contributed by atoms with van der Waals surface area (Å²) in [5, 5.41) is 0. The minimum absolute atomic E-state index is 0.0334. The molecule has 0 aliphatic carbocycles. The van der Waals surface area contributed by atoms with Gasteiger partial charge in [-0.2, -0.15) is 0 Å². The molecule has 0 saturated heterocycles. The Hall–Kier alpha value is -3.15. The average molecular weight is 331 g/mol. The summed E-state index contributed by atoms with van der Waals surface area (Å²) in [5.41, 5.74) is 4.69. The fourth-order valence-electron chi connectivity index (χ4n) is 3.16. The highest BCUT2D eigenvalue weighted by atomic mass is 16.2. The van der Waals surface area contributed by atoms with Crippen molar-refractivity contribution in [2.45, 2.75) is 12.8 Å². The number of fused-ring (bicyclic) bond motifs is 1. The van der Waals surface area contributed by atoms with Gasteiger partial charge in [0.25, 0.3) is 5.91 Å². The first-order valence-corrected chi connectivity index (χ1v) is 8.25. The molecule has 4 heterocycles. The summed E-state index contributed by atoms with van der Waals surface area (Å²) in [6.45, 7) is 1.30. The smallest absolute Gasteiger partial charge is 0.253 e. The molecule has 0 unspecified atom stereocenters. The zero-order chi connectivity index (χ0) is 17.1. The van der Waals surface area contributed by atoms with Crippen molar-refractivity contribution in [2.75, 3.05) is 13.1 Å². The van der Waals surface area contributed by atoms with Crippen molar-refractivity contribution in [3.63, 3.8) is 0 Å². The molecule has 0 fully saturated rings. The summed E-state index contributed by atoms with van der Waals surface area (Å²) in [6, 6.07) is 7.41. The van der Waals surface area contributed by atoms with Crippen molar-refractivity contribution in [1.82, 2.24) is 24.8 Å². The molecule has 3 aromatic rings. The zero-order valence-corrected chi connectivity index (χ0v) is 13.7. The van der Waals surface area contributed by atoms with E-state index in [1.165, 1.54) is 0 Å². The Bertz CT molecular complexity index is 883. The molecule has 1 aliphatic heterocycles. The molecule has 0 saturated carbocycles. The molecular formula is C19H17N5O. The van der Waals surface area contributed by atoms with Crippen LogP contribution in [0, 0.1) is 0 Å². The first kappa shape index (κ1) is 15.4. The average Bonchev–Trinajstić information content (AvgIpc) is 2.91. The molecule has 0 radical (unpaired) electrons. The highest BCUT2D eigenvalue weighted by Gasteiger charge is 2.22. The summed E-state index contributed by atoms with van der Waals surface area (Å²) in [6.07, 6.45) is 9.91. The summed E-state index contributed by atoms with van der Waals surface area (Å²) in [7, 11) is 0. The minimum Gasteiger partial charge on any atom is -0.338 e. The van der Waals surface area contributed by atoms with E-state index >= 15 is 0 Å². The van der Waals surface area contributed by atoms with Crippen LogP contribution in [0.3, 0.4) is 0 Å². The van der Waals surface area contributed by atoms with Gasteiger partial charge in [-0.1, -0.05) is 0 Å². The number of rotatable bonds is 2. The molecule has 0 bridgehead atoms. The Labute approximate surface area is 145 Å². The van der Waals surface area contributed by atoms with E-state index in [-0.39, 0.29) is 5.91 Å². The van der Waals surface area contributed by atoms with Gasteiger partial charge in [-0.25, -0.2) is 9.97 Å². The molecule has 25 heavy (non-hydrogen) atoms. The molecule has 0 N–H and O–H groups in total. The van der Waals surface area contributed by atoms with Crippen LogP contribution in [0.1, 0.15) is 21.6 Å². The lowest BCUT2D eigenvalue weighted by Gasteiger charge is -2.20. The minimum atomic E-state index is 0.0334. The van der Waals surface area contributed by atoms with Crippen molar-refractivity contribution in [3.05, 3.63) is 72.2 Å². The van der Waals surface area contributed by atoms with Crippen LogP contribution < -0.4 is 0 Å². The molecule has 1 aliphatic rings. The van der Waals surface area contributed by atoms with E-state index in [0.29, 0.717) is 18.7 Å². The normalized spacial score (nSPS) is 13.8. The van der Waals surface area contributed by atoms with Crippen molar-refractivity contribution in [1.29, 1.82) is 0 Å². The van der Waals surface area contributed by atoms with Crippen LogP contribution in [0.5, 0.6) is 0 Å². The number of aromatic nitrogens is 4. The van der Waals surface area contributed by atoms with Gasteiger partial charge in [0.2, 0.25) is 0 Å². The van der Waals surface area contributed by atoms with E-state index in [1.807, 2.05) is 23.2 Å². The topological polar surface area (TPSA) is 71.9 Å². The van der Waals surface area contributed by atoms with E-state index in [0.717, 1.165) is 35.4 Å². The second-order valence-electron chi connectivity index (χ2n) is 5.92. The largest absolute Gasteiger partial charge is 0.338 e. The summed E-state index contributed by atoms with van der Waals surface area (Å²) in [5.74, 6) is 0.0334. The molecular weight excluding hydrogens is 314 g/mol. The van der Waals surface area contributed by atoms with Crippen molar-refractivity contribution in [2.24, 2.45) is 0 Å². The van der Waals surface area contributed by atoms with Gasteiger partial charge in [0, 0.05) is 66.7 Å². The number of pyridine rings is 2. The number of carbonyl (C=O) groups is 1. The van der Waals surface area contributed by atoms with Crippen LogP contribution in [0.15, 0.2) is 55.4 Å². The molecule has 4 rings (SSSR count). The number of amides is 1. The molecule has 3 aromatic heterocycles. The summed E-state index contributed by atoms with van der Waals surface area (Å²) < 4.78 is 0. The Morgan fingerprint density at radius 3 is 2.60 bits per heavy atom. The van der Waals surface area contributed by atoms with Crippen molar-refractivity contribution in [3.8, 4) is 11.3 Å². The maximum absolute atomic E-state index is 12.7. The predicted octanol–water partition coefficient (Wildman–Crippen LogP) is 2.17. The van der Waals surface area contributed by atoms with Crippen LogP contribution in [0.25, 0.3) is 11.3 Å². The van der Waals surface area contributed by atoms with Crippen LogP contribution in [-0.4, -0.2) is 43.8 Å². The van der Waals surface area contributed by atoms with Crippen LogP contribution >= 0.6 is 0 Å². The maximum Gasteiger partial charge on any atom is 0.253 e. The van der Waals surface area contributed by atoms with Gasteiger partial charge >= 0.3 is 0 Å². The second-order valence-corrected chi connectivity index (χ2v) is 5.92. The lowest BCUT2D eigenvalue weighted by atomic mass is 10.0.